The van der Waals surface area contributed by atoms with Gasteiger partial charge in [-0.3, -0.25) is 4.79 Å². The van der Waals surface area contributed by atoms with Crippen molar-refractivity contribution in [2.45, 2.75) is 64.4 Å². The van der Waals surface area contributed by atoms with Crippen LogP contribution < -0.4 is 0 Å². The Morgan fingerprint density at radius 2 is 1.89 bits per heavy atom. The number of hydrogen-bond acceptors (Lipinski definition) is 2. The maximum Gasteiger partial charge on any atom is 0.225 e. The molecule has 0 bridgehead atoms. The van der Waals surface area contributed by atoms with Crippen molar-refractivity contribution in [3.63, 3.8) is 0 Å². The van der Waals surface area contributed by atoms with Crippen molar-refractivity contribution in [3.8, 4) is 0 Å². The van der Waals surface area contributed by atoms with Gasteiger partial charge in [0.15, 0.2) is 0 Å². The summed E-state index contributed by atoms with van der Waals surface area (Å²) in [6.07, 6.45) is 6.39. The standard InChI is InChI=1S/C15H27NO2/c1-12-6-9-16(11-13(12)2)14(17)10-15(18)7-4-3-5-8-15/h12-13,18H,3-11H2,1-2H3. The van der Waals surface area contributed by atoms with Crippen molar-refractivity contribution in [3.05, 3.63) is 0 Å². The number of likely N-dealkylation sites (tertiary alicyclic amines) is 1. The molecule has 3 heteroatoms. The van der Waals surface area contributed by atoms with Crippen LogP contribution in [0.15, 0.2) is 0 Å². The Balaban J connectivity index is 1.87. The lowest BCUT2D eigenvalue weighted by Gasteiger charge is -2.38. The minimum atomic E-state index is -0.707. The Labute approximate surface area is 111 Å². The first kappa shape index (κ1) is 13.9. The summed E-state index contributed by atoms with van der Waals surface area (Å²) < 4.78 is 0. The van der Waals surface area contributed by atoms with Crippen molar-refractivity contribution in [2.75, 3.05) is 13.1 Å². The van der Waals surface area contributed by atoms with Gasteiger partial charge in [-0.1, -0.05) is 33.1 Å². The summed E-state index contributed by atoms with van der Waals surface area (Å²) in [5.74, 6) is 1.47. The number of piperidine rings is 1. The largest absolute Gasteiger partial charge is 0.389 e. The zero-order valence-corrected chi connectivity index (χ0v) is 11.8. The number of amides is 1. The second-order valence-electron chi connectivity index (χ2n) is 6.54. The van der Waals surface area contributed by atoms with E-state index in [0.717, 1.165) is 45.2 Å². The smallest absolute Gasteiger partial charge is 0.225 e. The average molecular weight is 253 g/mol. The van der Waals surface area contributed by atoms with Crippen LogP contribution in [0.2, 0.25) is 0 Å². The van der Waals surface area contributed by atoms with Crippen molar-refractivity contribution in [1.29, 1.82) is 0 Å². The lowest BCUT2D eigenvalue weighted by Crippen LogP contribution is -2.46. The van der Waals surface area contributed by atoms with Gasteiger partial charge in [-0.15, -0.1) is 0 Å². The predicted octanol–water partition coefficient (Wildman–Crippen LogP) is 2.58. The van der Waals surface area contributed by atoms with E-state index in [4.69, 9.17) is 0 Å². The highest BCUT2D eigenvalue weighted by molar-refractivity contribution is 5.77. The van der Waals surface area contributed by atoms with Crippen LogP contribution in [0.3, 0.4) is 0 Å². The third kappa shape index (κ3) is 3.25. The van der Waals surface area contributed by atoms with Crippen LogP contribution in [-0.2, 0) is 4.79 Å². The summed E-state index contributed by atoms with van der Waals surface area (Å²) >= 11 is 0. The Morgan fingerprint density at radius 3 is 2.50 bits per heavy atom. The van der Waals surface area contributed by atoms with Crippen molar-refractivity contribution >= 4 is 5.91 Å². The molecular weight excluding hydrogens is 226 g/mol. The van der Waals surface area contributed by atoms with E-state index >= 15 is 0 Å². The Morgan fingerprint density at radius 1 is 1.22 bits per heavy atom. The van der Waals surface area contributed by atoms with Gasteiger partial charge in [-0.05, 0) is 31.1 Å². The van der Waals surface area contributed by atoms with E-state index in [0.29, 0.717) is 18.3 Å². The first-order valence-electron chi connectivity index (χ1n) is 7.50. The minimum Gasteiger partial charge on any atom is -0.389 e. The molecule has 0 radical (unpaired) electrons. The fourth-order valence-electron chi connectivity index (χ4n) is 3.27. The van der Waals surface area contributed by atoms with E-state index < -0.39 is 5.60 Å². The van der Waals surface area contributed by atoms with Gasteiger partial charge >= 0.3 is 0 Å². The monoisotopic (exact) mass is 253 g/mol. The SMILES string of the molecule is CC1CCN(C(=O)CC2(O)CCCCC2)CC1C. The van der Waals surface area contributed by atoms with Crippen LogP contribution in [0.25, 0.3) is 0 Å². The summed E-state index contributed by atoms with van der Waals surface area (Å²) in [4.78, 5) is 14.3. The fourth-order valence-corrected chi connectivity index (χ4v) is 3.27. The van der Waals surface area contributed by atoms with E-state index in [9.17, 15) is 9.90 Å². The second-order valence-corrected chi connectivity index (χ2v) is 6.54. The van der Waals surface area contributed by atoms with Crippen LogP contribution in [-0.4, -0.2) is 34.6 Å². The summed E-state index contributed by atoms with van der Waals surface area (Å²) in [7, 11) is 0. The molecule has 2 aliphatic rings. The van der Waals surface area contributed by atoms with Gasteiger partial charge in [0.2, 0.25) is 5.91 Å². The molecule has 1 amide bonds. The van der Waals surface area contributed by atoms with Gasteiger partial charge in [0.25, 0.3) is 0 Å². The molecular formula is C15H27NO2. The molecule has 1 saturated carbocycles. The number of rotatable bonds is 2. The van der Waals surface area contributed by atoms with Crippen molar-refractivity contribution < 1.29 is 9.90 Å². The number of aliphatic hydroxyl groups is 1. The van der Waals surface area contributed by atoms with E-state index in [1.165, 1.54) is 6.42 Å². The highest BCUT2D eigenvalue weighted by Crippen LogP contribution is 2.32. The van der Waals surface area contributed by atoms with E-state index in [2.05, 4.69) is 13.8 Å². The van der Waals surface area contributed by atoms with Gasteiger partial charge < -0.3 is 10.0 Å². The minimum absolute atomic E-state index is 0.165. The van der Waals surface area contributed by atoms with E-state index in [1.54, 1.807) is 0 Å². The van der Waals surface area contributed by atoms with Crippen LogP contribution in [0.5, 0.6) is 0 Å². The van der Waals surface area contributed by atoms with Gasteiger partial charge in [0, 0.05) is 13.1 Å². The molecule has 1 saturated heterocycles. The molecule has 2 rings (SSSR count). The molecule has 0 aromatic carbocycles. The zero-order valence-electron chi connectivity index (χ0n) is 11.8. The molecule has 104 valence electrons. The highest BCUT2D eigenvalue weighted by atomic mass is 16.3. The first-order chi connectivity index (χ1) is 8.50. The molecule has 1 heterocycles. The molecule has 1 aliphatic carbocycles. The molecule has 2 fully saturated rings. The summed E-state index contributed by atoms with van der Waals surface area (Å²) in [5.41, 5.74) is -0.707. The van der Waals surface area contributed by atoms with Crippen molar-refractivity contribution in [2.24, 2.45) is 11.8 Å². The second kappa shape index (κ2) is 5.60. The molecule has 1 aliphatic heterocycles. The molecule has 0 aromatic rings. The van der Waals surface area contributed by atoms with Gasteiger partial charge in [0.05, 0.1) is 12.0 Å². The van der Waals surface area contributed by atoms with Gasteiger partial charge in [-0.25, -0.2) is 0 Å². The van der Waals surface area contributed by atoms with E-state index in [-0.39, 0.29) is 5.91 Å². The number of nitrogens with zero attached hydrogens (tertiary/aromatic N) is 1. The van der Waals surface area contributed by atoms with Crippen LogP contribution >= 0.6 is 0 Å². The molecule has 3 nitrogen and oxygen atoms in total. The van der Waals surface area contributed by atoms with Crippen LogP contribution in [0.1, 0.15) is 58.8 Å². The van der Waals surface area contributed by atoms with Gasteiger partial charge in [0.1, 0.15) is 0 Å². The Hall–Kier alpha value is -0.570. The highest BCUT2D eigenvalue weighted by Gasteiger charge is 2.34. The van der Waals surface area contributed by atoms with E-state index in [1.807, 2.05) is 4.90 Å². The molecule has 0 aromatic heterocycles. The Bertz CT molecular complexity index is 297. The topological polar surface area (TPSA) is 40.5 Å². The lowest BCUT2D eigenvalue weighted by atomic mass is 9.81. The molecule has 2 atom stereocenters. The molecule has 2 unspecified atom stereocenters. The normalized spacial score (nSPS) is 32.3. The first-order valence-corrected chi connectivity index (χ1v) is 7.50. The summed E-state index contributed by atoms with van der Waals surface area (Å²) in [6.45, 7) is 6.23. The Kier molecular flexibility index (Phi) is 4.31. The number of carbonyl (C=O) groups is 1. The quantitative estimate of drug-likeness (QED) is 0.821. The van der Waals surface area contributed by atoms with Gasteiger partial charge in [-0.2, -0.15) is 0 Å². The predicted molar refractivity (Wildman–Crippen MR) is 72.2 cm³/mol. The van der Waals surface area contributed by atoms with Crippen LogP contribution in [0.4, 0.5) is 0 Å². The summed E-state index contributed by atoms with van der Waals surface area (Å²) in [6, 6.07) is 0. The average Bonchev–Trinajstić information content (AvgIpc) is 2.33. The van der Waals surface area contributed by atoms with Crippen LogP contribution in [0, 0.1) is 11.8 Å². The lowest BCUT2D eigenvalue weighted by molar-refractivity contribution is -0.140. The molecule has 1 N–H and O–H groups in total. The maximum atomic E-state index is 12.3. The number of hydrogen-bond donors (Lipinski definition) is 1. The fraction of sp³-hybridized carbons (Fsp3) is 0.933. The third-order valence-electron chi connectivity index (χ3n) is 4.95. The molecule has 18 heavy (non-hydrogen) atoms. The maximum absolute atomic E-state index is 12.3. The zero-order chi connectivity index (χ0) is 13.2. The molecule has 0 spiro atoms. The number of carbonyl (C=O) groups excluding carboxylic acids is 1. The third-order valence-corrected chi connectivity index (χ3v) is 4.95. The van der Waals surface area contributed by atoms with Crippen molar-refractivity contribution in [1.82, 2.24) is 4.90 Å². The summed E-state index contributed by atoms with van der Waals surface area (Å²) in [5, 5.41) is 10.4.